The number of imidazole rings is 2. The molecule has 10 nitrogen and oxygen atoms in total. The van der Waals surface area contributed by atoms with Gasteiger partial charge in [-0.25, -0.2) is 18.7 Å². The Balaban J connectivity index is 0.000000162. The van der Waals surface area contributed by atoms with Crippen molar-refractivity contribution in [3.05, 3.63) is 165 Å². The van der Waals surface area contributed by atoms with Crippen LogP contribution in [0.25, 0.3) is 23.5 Å². The number of hydrogen-bond donors (Lipinski definition) is 0. The second-order valence-electron chi connectivity index (χ2n) is 17.2. The Labute approximate surface area is 372 Å². The molecule has 0 bridgehead atoms. The Bertz CT molecular complexity index is 2620. The average molecular weight is 863 g/mol. The minimum Gasteiger partial charge on any atom is -0.493 e. The van der Waals surface area contributed by atoms with E-state index in [1.807, 2.05) is 82.1 Å². The van der Waals surface area contributed by atoms with Gasteiger partial charge in [0.25, 0.3) is 0 Å². The predicted octanol–water partition coefficient (Wildman–Crippen LogP) is 10.3. The Morgan fingerprint density at radius 2 is 1.03 bits per heavy atom. The molecular weight excluding hydrogens is 811 g/mol. The van der Waals surface area contributed by atoms with Gasteiger partial charge >= 0.3 is 0 Å². The van der Waals surface area contributed by atoms with E-state index in [0.717, 1.165) is 106 Å². The molecule has 10 rings (SSSR count). The van der Waals surface area contributed by atoms with Crippen molar-refractivity contribution in [2.75, 3.05) is 26.3 Å². The molecule has 2 aromatic heterocycles. The van der Waals surface area contributed by atoms with Crippen LogP contribution in [-0.4, -0.2) is 67.0 Å². The molecular formula is C52H52F2N6O4. The number of aryl methyl sites for hydroxylation is 4. The fourth-order valence-corrected chi connectivity index (χ4v) is 9.49. The van der Waals surface area contributed by atoms with Gasteiger partial charge in [0.05, 0.1) is 49.3 Å². The monoisotopic (exact) mass is 862 g/mol. The fraction of sp³-hybridized carbons (Fsp3) is 0.308. The highest BCUT2D eigenvalue weighted by Gasteiger charge is 2.35. The lowest BCUT2D eigenvalue weighted by Crippen LogP contribution is -2.41. The first-order valence-corrected chi connectivity index (χ1v) is 22.1. The minimum absolute atomic E-state index is 0.0605. The number of nitrogens with zero attached hydrogens (tertiary/aromatic N) is 6. The van der Waals surface area contributed by atoms with Gasteiger partial charge in [0.2, 0.25) is 11.8 Å². The van der Waals surface area contributed by atoms with Crippen LogP contribution in [0.3, 0.4) is 0 Å². The van der Waals surface area contributed by atoms with Crippen LogP contribution in [0, 0.1) is 39.3 Å². The van der Waals surface area contributed by atoms with E-state index in [-0.39, 0.29) is 35.5 Å². The van der Waals surface area contributed by atoms with E-state index in [4.69, 9.17) is 9.47 Å². The molecule has 0 aliphatic carbocycles. The molecule has 12 heteroatoms. The lowest BCUT2D eigenvalue weighted by atomic mass is 9.93. The van der Waals surface area contributed by atoms with E-state index >= 15 is 0 Å². The van der Waals surface area contributed by atoms with Gasteiger partial charge in [-0.05, 0) is 124 Å². The number of rotatable bonds is 6. The third kappa shape index (κ3) is 8.86. The quantitative estimate of drug-likeness (QED) is 0.155. The number of carbonyl (C=O) groups excluding carboxylic acids is 2. The molecule has 6 aromatic rings. The van der Waals surface area contributed by atoms with Crippen LogP contribution < -0.4 is 9.47 Å². The summed E-state index contributed by atoms with van der Waals surface area (Å²) in [5.41, 5.74) is 11.8. The zero-order chi connectivity index (χ0) is 44.5. The zero-order valence-electron chi connectivity index (χ0n) is 36.7. The topological polar surface area (TPSA) is 94.7 Å². The first-order chi connectivity index (χ1) is 31.0. The molecule has 2 fully saturated rings. The van der Waals surface area contributed by atoms with Crippen molar-refractivity contribution in [2.24, 2.45) is 0 Å². The third-order valence-electron chi connectivity index (χ3n) is 12.6. The van der Waals surface area contributed by atoms with Gasteiger partial charge in [-0.2, -0.15) is 0 Å². The first-order valence-electron chi connectivity index (χ1n) is 22.1. The fourth-order valence-electron chi connectivity index (χ4n) is 9.49. The highest BCUT2D eigenvalue weighted by atomic mass is 19.1. The molecule has 2 saturated heterocycles. The van der Waals surface area contributed by atoms with Crippen LogP contribution in [0.4, 0.5) is 8.78 Å². The smallest absolute Gasteiger partial charge is 0.250 e. The number of aromatic nitrogens is 4. The molecule has 2 amide bonds. The molecule has 4 aliphatic heterocycles. The van der Waals surface area contributed by atoms with Gasteiger partial charge in [0.1, 0.15) is 23.1 Å². The lowest BCUT2D eigenvalue weighted by Gasteiger charge is -2.38. The van der Waals surface area contributed by atoms with Crippen LogP contribution in [0.15, 0.2) is 109 Å². The lowest BCUT2D eigenvalue weighted by molar-refractivity contribution is -0.132. The number of fused-ring (bicyclic) bond motifs is 2. The summed E-state index contributed by atoms with van der Waals surface area (Å²) in [4.78, 5) is 39.3. The number of carbonyl (C=O) groups is 2. The molecule has 4 aromatic carbocycles. The zero-order valence-corrected chi connectivity index (χ0v) is 36.7. The van der Waals surface area contributed by atoms with Crippen LogP contribution in [0.5, 0.6) is 11.5 Å². The summed E-state index contributed by atoms with van der Waals surface area (Å²) in [5.74, 6) is 0.576. The van der Waals surface area contributed by atoms with Gasteiger partial charge in [-0.15, -0.1) is 0 Å². The second-order valence-corrected chi connectivity index (χ2v) is 17.2. The minimum atomic E-state index is -0.320. The Kier molecular flexibility index (Phi) is 12.0. The van der Waals surface area contributed by atoms with E-state index in [1.54, 1.807) is 12.1 Å². The van der Waals surface area contributed by atoms with Gasteiger partial charge in [-0.3, -0.25) is 9.59 Å². The average Bonchev–Trinajstić information content (AvgIpc) is 3.92. The largest absolute Gasteiger partial charge is 0.493 e. The number of likely N-dealkylation sites (tertiary alicyclic amines) is 2. The summed E-state index contributed by atoms with van der Waals surface area (Å²) >= 11 is 0. The van der Waals surface area contributed by atoms with Gasteiger partial charge in [0, 0.05) is 84.1 Å². The van der Waals surface area contributed by atoms with E-state index in [1.165, 1.54) is 24.3 Å². The molecule has 6 heterocycles. The summed E-state index contributed by atoms with van der Waals surface area (Å²) in [6.07, 6.45) is 16.4. The van der Waals surface area contributed by atoms with Crippen LogP contribution in [0.2, 0.25) is 0 Å². The molecule has 0 saturated carbocycles. The summed E-state index contributed by atoms with van der Waals surface area (Å²) < 4.78 is 42.6. The van der Waals surface area contributed by atoms with Crippen LogP contribution in [0.1, 0.15) is 95.4 Å². The van der Waals surface area contributed by atoms with Crippen molar-refractivity contribution >= 4 is 24.0 Å². The van der Waals surface area contributed by atoms with Crippen LogP contribution in [-0.2, 0) is 9.59 Å². The SMILES string of the molecule is Cc1cn(-c2ccc(/C=C3\CCCN([C@@H]4CCOc5cc(F)ccc54)C3=O)cc2C)cn1.Cc1cn(-c2ccc(/C=C3\CCCN([C@H]4CCOc5cc(F)ccc54)C3=O)cc2C)cn1. The standard InChI is InChI=1S/2C26H26FN3O2/c2*1-17-12-19(5-8-23(17)29-15-18(2)28-16-29)13-20-4-3-10-30(26(20)31)24-9-11-32-25-14-21(27)6-7-22(24)25/h2*5-8,12-16,24H,3-4,9-11H2,1-2H3/b2*20-13+/t2*24-/m10/s1. The van der Waals surface area contributed by atoms with Crippen LogP contribution >= 0.6 is 0 Å². The van der Waals surface area contributed by atoms with Gasteiger partial charge in [0.15, 0.2) is 0 Å². The summed E-state index contributed by atoms with van der Waals surface area (Å²) in [6.45, 7) is 10.5. The summed E-state index contributed by atoms with van der Waals surface area (Å²) in [6, 6.07) is 21.5. The molecule has 0 spiro atoms. The first kappa shape index (κ1) is 42.5. The van der Waals surface area contributed by atoms with Crippen molar-refractivity contribution in [1.82, 2.24) is 28.9 Å². The summed E-state index contributed by atoms with van der Waals surface area (Å²) in [7, 11) is 0. The molecule has 2 atom stereocenters. The van der Waals surface area contributed by atoms with Gasteiger partial charge in [-0.1, -0.05) is 24.3 Å². The second kappa shape index (κ2) is 18.1. The molecule has 64 heavy (non-hydrogen) atoms. The van der Waals surface area contributed by atoms with Gasteiger partial charge < -0.3 is 28.4 Å². The number of amides is 2. The number of benzene rings is 4. The number of hydrogen-bond acceptors (Lipinski definition) is 6. The molecule has 4 aliphatic rings. The molecule has 0 radical (unpaired) electrons. The molecule has 328 valence electrons. The maximum Gasteiger partial charge on any atom is 0.250 e. The maximum atomic E-state index is 13.6. The van der Waals surface area contributed by atoms with Crippen molar-refractivity contribution in [3.8, 4) is 22.9 Å². The maximum absolute atomic E-state index is 13.6. The van der Waals surface area contributed by atoms with E-state index in [0.29, 0.717) is 37.8 Å². The van der Waals surface area contributed by atoms with Crippen molar-refractivity contribution < 1.29 is 27.8 Å². The number of halogens is 2. The number of ether oxygens (including phenoxy) is 2. The molecule has 0 N–H and O–H groups in total. The highest BCUT2D eigenvalue weighted by Crippen LogP contribution is 2.40. The molecule has 0 unspecified atom stereocenters. The third-order valence-corrected chi connectivity index (χ3v) is 12.6. The highest BCUT2D eigenvalue weighted by molar-refractivity contribution is 5.99. The Hall–Kier alpha value is -6.82. The summed E-state index contributed by atoms with van der Waals surface area (Å²) in [5, 5.41) is 0. The van der Waals surface area contributed by atoms with Crippen molar-refractivity contribution in [3.63, 3.8) is 0 Å². The van der Waals surface area contributed by atoms with Crippen molar-refractivity contribution in [1.29, 1.82) is 0 Å². The van der Waals surface area contributed by atoms with E-state index in [9.17, 15) is 18.4 Å². The normalized spacial score (nSPS) is 19.7. The predicted molar refractivity (Wildman–Crippen MR) is 242 cm³/mol. The Morgan fingerprint density at radius 1 is 0.594 bits per heavy atom. The number of piperidine rings is 2. The van der Waals surface area contributed by atoms with E-state index in [2.05, 4.69) is 48.1 Å². The van der Waals surface area contributed by atoms with E-state index < -0.39 is 0 Å². The van der Waals surface area contributed by atoms with Crippen molar-refractivity contribution in [2.45, 2.75) is 78.3 Å². The Morgan fingerprint density at radius 3 is 1.42 bits per heavy atom.